The SMILES string of the molecule is N#CCNC(=O)C(Cc1nc2ccccc2o1)NC(=O)c1cc(C2CC2)nn1C1CC1. The van der Waals surface area contributed by atoms with Crippen molar-refractivity contribution in [3.63, 3.8) is 0 Å². The topological polar surface area (TPSA) is 126 Å². The van der Waals surface area contributed by atoms with Crippen molar-refractivity contribution < 1.29 is 14.0 Å². The molecule has 1 atom stereocenters. The molecule has 0 radical (unpaired) electrons. The highest BCUT2D eigenvalue weighted by Gasteiger charge is 2.34. The monoisotopic (exact) mass is 418 g/mol. The number of amides is 2. The van der Waals surface area contributed by atoms with E-state index in [9.17, 15) is 9.59 Å². The summed E-state index contributed by atoms with van der Waals surface area (Å²) in [6.07, 6.45) is 4.27. The van der Waals surface area contributed by atoms with Crippen molar-refractivity contribution in [1.29, 1.82) is 5.26 Å². The van der Waals surface area contributed by atoms with E-state index in [2.05, 4.69) is 20.7 Å². The van der Waals surface area contributed by atoms with E-state index in [1.165, 1.54) is 0 Å². The number of para-hydroxylation sites is 2. The summed E-state index contributed by atoms with van der Waals surface area (Å²) in [6.45, 7) is -0.148. The van der Waals surface area contributed by atoms with Crippen LogP contribution in [-0.4, -0.2) is 39.2 Å². The van der Waals surface area contributed by atoms with E-state index < -0.39 is 11.9 Å². The van der Waals surface area contributed by atoms with Gasteiger partial charge >= 0.3 is 0 Å². The number of hydrogen-bond donors (Lipinski definition) is 2. The third-order valence-corrected chi connectivity index (χ3v) is 5.56. The first-order valence-corrected chi connectivity index (χ1v) is 10.5. The first kappa shape index (κ1) is 19.3. The fourth-order valence-corrected chi connectivity index (χ4v) is 3.63. The molecule has 1 aromatic carbocycles. The van der Waals surface area contributed by atoms with Gasteiger partial charge in [-0.25, -0.2) is 4.98 Å². The van der Waals surface area contributed by atoms with Gasteiger partial charge in [-0.2, -0.15) is 10.4 Å². The predicted molar refractivity (Wildman–Crippen MR) is 110 cm³/mol. The lowest BCUT2D eigenvalue weighted by Crippen LogP contribution is -2.48. The lowest BCUT2D eigenvalue weighted by atomic mass is 10.1. The van der Waals surface area contributed by atoms with Crippen molar-refractivity contribution in [2.24, 2.45) is 0 Å². The number of oxazole rings is 1. The molecule has 9 nitrogen and oxygen atoms in total. The van der Waals surface area contributed by atoms with E-state index in [1.807, 2.05) is 30.3 Å². The number of rotatable bonds is 8. The van der Waals surface area contributed by atoms with Gasteiger partial charge in [-0.05, 0) is 43.9 Å². The average molecular weight is 418 g/mol. The minimum atomic E-state index is -0.930. The Hall–Kier alpha value is -3.67. The van der Waals surface area contributed by atoms with Gasteiger partial charge in [-0.3, -0.25) is 14.3 Å². The Labute approximate surface area is 178 Å². The minimum Gasteiger partial charge on any atom is -0.441 e. The number of nitriles is 1. The standard InChI is InChI=1S/C22H22N6O3/c23-9-10-24-21(29)17(12-20-25-15-3-1-2-4-19(15)31-20)26-22(30)18-11-16(13-5-6-13)27-28(18)14-7-8-14/h1-4,11,13-14,17H,5-8,10,12H2,(H,24,29)(H,26,30). The quantitative estimate of drug-likeness (QED) is 0.540. The normalized spacial score (nSPS) is 16.6. The van der Waals surface area contributed by atoms with Crippen LogP contribution >= 0.6 is 0 Å². The molecular weight excluding hydrogens is 396 g/mol. The molecule has 3 aromatic rings. The maximum absolute atomic E-state index is 13.1. The van der Waals surface area contributed by atoms with Gasteiger partial charge in [-0.1, -0.05) is 12.1 Å². The smallest absolute Gasteiger partial charge is 0.270 e. The molecule has 2 fully saturated rings. The van der Waals surface area contributed by atoms with Crippen molar-refractivity contribution in [2.45, 2.75) is 50.1 Å². The fraction of sp³-hybridized carbons (Fsp3) is 0.409. The van der Waals surface area contributed by atoms with Crippen molar-refractivity contribution in [2.75, 3.05) is 6.54 Å². The van der Waals surface area contributed by atoms with Gasteiger partial charge in [-0.15, -0.1) is 0 Å². The number of aromatic nitrogens is 3. The van der Waals surface area contributed by atoms with Crippen molar-refractivity contribution in [3.05, 3.63) is 47.6 Å². The summed E-state index contributed by atoms with van der Waals surface area (Å²) in [5, 5.41) is 18.8. The second kappa shape index (κ2) is 7.87. The number of nitrogens with zero attached hydrogens (tertiary/aromatic N) is 4. The van der Waals surface area contributed by atoms with Crippen LogP contribution in [-0.2, 0) is 11.2 Å². The summed E-state index contributed by atoms with van der Waals surface area (Å²) < 4.78 is 7.53. The first-order valence-electron chi connectivity index (χ1n) is 10.5. The van der Waals surface area contributed by atoms with Crippen LogP contribution in [0.4, 0.5) is 0 Å². The van der Waals surface area contributed by atoms with Crippen LogP contribution in [0.5, 0.6) is 0 Å². The number of carbonyl (C=O) groups excluding carboxylic acids is 2. The van der Waals surface area contributed by atoms with E-state index >= 15 is 0 Å². The maximum Gasteiger partial charge on any atom is 0.270 e. The highest BCUT2D eigenvalue weighted by Crippen LogP contribution is 2.42. The minimum absolute atomic E-state index is 0.0741. The first-order chi connectivity index (χ1) is 15.1. The summed E-state index contributed by atoms with van der Waals surface area (Å²) in [4.78, 5) is 30.2. The predicted octanol–water partition coefficient (Wildman–Crippen LogP) is 2.22. The third kappa shape index (κ3) is 4.14. The third-order valence-electron chi connectivity index (χ3n) is 5.56. The number of benzene rings is 1. The van der Waals surface area contributed by atoms with Gasteiger partial charge in [0.15, 0.2) is 11.5 Å². The summed E-state index contributed by atoms with van der Waals surface area (Å²) in [5.74, 6) is -0.0504. The Bertz CT molecular complexity index is 1150. The molecule has 0 saturated heterocycles. The molecule has 1 unspecified atom stereocenters. The largest absolute Gasteiger partial charge is 0.441 e. The van der Waals surface area contributed by atoms with Gasteiger partial charge in [0.05, 0.1) is 24.2 Å². The Kier molecular flexibility index (Phi) is 4.90. The molecule has 0 aliphatic heterocycles. The lowest BCUT2D eigenvalue weighted by Gasteiger charge is -2.16. The molecule has 9 heteroatoms. The van der Waals surface area contributed by atoms with Crippen molar-refractivity contribution >= 4 is 22.9 Å². The van der Waals surface area contributed by atoms with Crippen LogP contribution in [0.1, 0.15) is 59.7 Å². The van der Waals surface area contributed by atoms with E-state index in [-0.39, 0.29) is 24.9 Å². The van der Waals surface area contributed by atoms with Gasteiger partial charge in [0.25, 0.3) is 5.91 Å². The van der Waals surface area contributed by atoms with Crippen molar-refractivity contribution in [3.8, 4) is 6.07 Å². The second-order valence-corrected chi connectivity index (χ2v) is 8.09. The van der Waals surface area contributed by atoms with Crippen LogP contribution < -0.4 is 10.6 Å². The number of nitrogens with one attached hydrogen (secondary N) is 2. The molecule has 31 heavy (non-hydrogen) atoms. The van der Waals surface area contributed by atoms with Crippen LogP contribution in [0.3, 0.4) is 0 Å². The molecule has 5 rings (SSSR count). The van der Waals surface area contributed by atoms with Gasteiger partial charge < -0.3 is 15.1 Å². The zero-order valence-corrected chi connectivity index (χ0v) is 16.9. The summed E-state index contributed by atoms with van der Waals surface area (Å²) >= 11 is 0. The fourth-order valence-electron chi connectivity index (χ4n) is 3.63. The Morgan fingerprint density at radius 1 is 1.26 bits per heavy atom. The Balaban J connectivity index is 1.38. The zero-order chi connectivity index (χ0) is 21.4. The number of hydrogen-bond acceptors (Lipinski definition) is 6. The summed E-state index contributed by atoms with van der Waals surface area (Å²) in [5.41, 5.74) is 2.71. The molecule has 0 spiro atoms. The van der Waals surface area contributed by atoms with Crippen LogP contribution in [0, 0.1) is 11.3 Å². The maximum atomic E-state index is 13.1. The molecule has 2 aromatic heterocycles. The highest BCUT2D eigenvalue weighted by molar-refractivity contribution is 5.96. The average Bonchev–Trinajstić information content (AvgIpc) is 3.71. The summed E-state index contributed by atoms with van der Waals surface area (Å²) in [7, 11) is 0. The molecule has 0 bridgehead atoms. The molecule has 158 valence electrons. The number of fused-ring (bicyclic) bond motifs is 1. The zero-order valence-electron chi connectivity index (χ0n) is 16.9. The molecular formula is C22H22N6O3. The second-order valence-electron chi connectivity index (χ2n) is 8.09. The van der Waals surface area contributed by atoms with Crippen LogP contribution in [0.25, 0.3) is 11.1 Å². The highest BCUT2D eigenvalue weighted by atomic mass is 16.3. The molecule has 2 saturated carbocycles. The molecule has 2 amide bonds. The van der Waals surface area contributed by atoms with Crippen LogP contribution in [0.2, 0.25) is 0 Å². The molecule has 2 heterocycles. The Morgan fingerprint density at radius 3 is 2.77 bits per heavy atom. The molecule has 2 N–H and O–H groups in total. The van der Waals surface area contributed by atoms with E-state index in [0.717, 1.165) is 31.4 Å². The molecule has 2 aliphatic carbocycles. The van der Waals surface area contributed by atoms with Gasteiger partial charge in [0.2, 0.25) is 5.91 Å². The van der Waals surface area contributed by atoms with Gasteiger partial charge in [0, 0.05) is 5.92 Å². The van der Waals surface area contributed by atoms with Crippen LogP contribution in [0.15, 0.2) is 34.7 Å². The van der Waals surface area contributed by atoms with E-state index in [0.29, 0.717) is 28.6 Å². The van der Waals surface area contributed by atoms with E-state index in [1.54, 1.807) is 10.7 Å². The molecule has 2 aliphatic rings. The Morgan fingerprint density at radius 2 is 2.06 bits per heavy atom. The van der Waals surface area contributed by atoms with E-state index in [4.69, 9.17) is 9.68 Å². The summed E-state index contributed by atoms with van der Waals surface area (Å²) in [6, 6.07) is 10.3. The lowest BCUT2D eigenvalue weighted by molar-refractivity contribution is -0.122. The van der Waals surface area contributed by atoms with Gasteiger partial charge in [0.1, 0.15) is 23.8 Å². The number of carbonyl (C=O) groups is 2. The van der Waals surface area contributed by atoms with Crippen molar-refractivity contribution in [1.82, 2.24) is 25.4 Å².